The van der Waals surface area contributed by atoms with Crippen LogP contribution in [0.5, 0.6) is 0 Å². The van der Waals surface area contributed by atoms with E-state index in [0.29, 0.717) is 6.54 Å². The molecule has 3 heterocycles. The highest BCUT2D eigenvalue weighted by molar-refractivity contribution is 14.0. The van der Waals surface area contributed by atoms with Crippen LogP contribution >= 0.6 is 58.7 Å². The van der Waals surface area contributed by atoms with Crippen LogP contribution in [-0.2, 0) is 6.54 Å². The monoisotopic (exact) mass is 530 g/mol. The Kier molecular flexibility index (Phi) is 9.29. The molecule has 0 aromatic carbocycles. The predicted molar refractivity (Wildman–Crippen MR) is 124 cm³/mol. The van der Waals surface area contributed by atoms with E-state index in [1.54, 1.807) is 11.3 Å². The summed E-state index contributed by atoms with van der Waals surface area (Å²) in [6, 6.07) is 4.09. The van der Waals surface area contributed by atoms with Crippen LogP contribution in [0.2, 0.25) is 4.34 Å². The van der Waals surface area contributed by atoms with Crippen molar-refractivity contribution in [3.05, 3.63) is 21.3 Å². The maximum Gasteiger partial charge on any atom is 0.194 e. The lowest BCUT2D eigenvalue weighted by Crippen LogP contribution is -2.52. The summed E-state index contributed by atoms with van der Waals surface area (Å²) >= 11 is 9.50. The van der Waals surface area contributed by atoms with E-state index in [2.05, 4.69) is 28.1 Å². The third-order valence-electron chi connectivity index (χ3n) is 4.62. The third-order valence-corrected chi connectivity index (χ3v) is 7.07. The standard InChI is InChI=1S/C17H27ClN4OS2.HI/c1-2-19-16(20-12-17(23)5-10-24-13-17)22-8-6-21(7-9-22)11-14-3-4-15(18)25-14;/h3-4,23H,2,5-13H2,1H3,(H,19,20);1H. The Hall–Kier alpha value is 0.260. The van der Waals surface area contributed by atoms with Crippen LogP contribution in [0.15, 0.2) is 17.1 Å². The molecular weight excluding hydrogens is 503 g/mol. The molecule has 5 nitrogen and oxygen atoms in total. The van der Waals surface area contributed by atoms with Gasteiger partial charge in [-0.25, -0.2) is 0 Å². The molecule has 0 spiro atoms. The van der Waals surface area contributed by atoms with E-state index in [9.17, 15) is 5.11 Å². The molecule has 148 valence electrons. The van der Waals surface area contributed by atoms with E-state index < -0.39 is 5.60 Å². The molecular formula is C17H28ClIN4OS2. The predicted octanol–water partition coefficient (Wildman–Crippen LogP) is 2.97. The van der Waals surface area contributed by atoms with Crippen LogP contribution < -0.4 is 5.32 Å². The molecule has 0 saturated carbocycles. The maximum atomic E-state index is 10.5. The number of nitrogens with zero attached hydrogens (tertiary/aromatic N) is 3. The fourth-order valence-electron chi connectivity index (χ4n) is 3.14. The van der Waals surface area contributed by atoms with Gasteiger partial charge in [-0.15, -0.1) is 35.3 Å². The molecule has 1 atom stereocenters. The Morgan fingerprint density at radius 2 is 2.12 bits per heavy atom. The molecule has 1 aromatic heterocycles. The zero-order valence-corrected chi connectivity index (χ0v) is 19.8. The van der Waals surface area contributed by atoms with Crippen LogP contribution in [0.25, 0.3) is 0 Å². The van der Waals surface area contributed by atoms with Crippen molar-refractivity contribution < 1.29 is 5.11 Å². The van der Waals surface area contributed by atoms with Crippen molar-refractivity contribution in [3.63, 3.8) is 0 Å². The van der Waals surface area contributed by atoms with Crippen LogP contribution in [0.1, 0.15) is 18.2 Å². The molecule has 2 saturated heterocycles. The number of rotatable bonds is 5. The smallest absolute Gasteiger partial charge is 0.194 e. The van der Waals surface area contributed by atoms with Gasteiger partial charge in [0.1, 0.15) is 0 Å². The van der Waals surface area contributed by atoms with Gasteiger partial charge in [-0.3, -0.25) is 9.89 Å². The first kappa shape index (κ1) is 22.5. The Morgan fingerprint density at radius 1 is 1.35 bits per heavy atom. The number of hydrogen-bond acceptors (Lipinski definition) is 5. The number of thioether (sulfide) groups is 1. The van der Waals surface area contributed by atoms with Gasteiger partial charge in [0, 0.05) is 49.9 Å². The van der Waals surface area contributed by atoms with Crippen molar-refractivity contribution >= 4 is 64.6 Å². The minimum absolute atomic E-state index is 0. The number of nitrogens with one attached hydrogen (secondary N) is 1. The molecule has 0 amide bonds. The molecule has 3 rings (SSSR count). The first-order valence-corrected chi connectivity index (χ1v) is 11.2. The largest absolute Gasteiger partial charge is 0.387 e. The van der Waals surface area contributed by atoms with Gasteiger partial charge in [-0.2, -0.15) is 11.8 Å². The van der Waals surface area contributed by atoms with Crippen molar-refractivity contribution in [1.82, 2.24) is 15.1 Å². The van der Waals surface area contributed by atoms with Crippen molar-refractivity contribution in [2.45, 2.75) is 25.5 Å². The zero-order chi connectivity index (χ0) is 17.7. The molecule has 2 N–H and O–H groups in total. The first-order chi connectivity index (χ1) is 12.1. The summed E-state index contributed by atoms with van der Waals surface area (Å²) in [6.45, 7) is 8.34. The SMILES string of the molecule is CCNC(=NCC1(O)CCSC1)N1CCN(Cc2ccc(Cl)s2)CC1.I. The van der Waals surface area contributed by atoms with Gasteiger partial charge in [0.25, 0.3) is 0 Å². The van der Waals surface area contributed by atoms with Gasteiger partial charge >= 0.3 is 0 Å². The summed E-state index contributed by atoms with van der Waals surface area (Å²) in [5.74, 6) is 2.77. The summed E-state index contributed by atoms with van der Waals surface area (Å²) in [5, 5.41) is 13.9. The molecule has 1 unspecified atom stereocenters. The second-order valence-electron chi connectivity index (χ2n) is 6.67. The minimum atomic E-state index is -0.619. The van der Waals surface area contributed by atoms with Gasteiger partial charge in [0.15, 0.2) is 5.96 Å². The fourth-order valence-corrected chi connectivity index (χ4v) is 5.56. The summed E-state index contributed by atoms with van der Waals surface area (Å²) in [5.41, 5.74) is -0.619. The molecule has 2 fully saturated rings. The van der Waals surface area contributed by atoms with Crippen molar-refractivity contribution in [2.24, 2.45) is 4.99 Å². The normalized spacial score (nSPS) is 24.6. The van der Waals surface area contributed by atoms with Crippen molar-refractivity contribution in [3.8, 4) is 0 Å². The number of guanidine groups is 1. The first-order valence-electron chi connectivity index (χ1n) is 8.88. The van der Waals surface area contributed by atoms with Crippen LogP contribution in [0, 0.1) is 0 Å². The van der Waals surface area contributed by atoms with Gasteiger partial charge in [0.05, 0.1) is 16.5 Å². The van der Waals surface area contributed by atoms with Crippen LogP contribution in [-0.4, -0.2) is 77.2 Å². The quantitative estimate of drug-likeness (QED) is 0.348. The molecule has 2 aliphatic rings. The van der Waals surface area contributed by atoms with Crippen molar-refractivity contribution in [1.29, 1.82) is 0 Å². The molecule has 0 bridgehead atoms. The lowest BCUT2D eigenvalue weighted by atomic mass is 10.0. The fraction of sp³-hybridized carbons (Fsp3) is 0.706. The second-order valence-corrected chi connectivity index (χ2v) is 9.57. The number of thiophene rings is 1. The highest BCUT2D eigenvalue weighted by atomic mass is 127. The van der Waals surface area contributed by atoms with Crippen LogP contribution in [0.3, 0.4) is 0 Å². The Balaban J connectivity index is 0.00000243. The van der Waals surface area contributed by atoms with Crippen LogP contribution in [0.4, 0.5) is 0 Å². The summed E-state index contributed by atoms with van der Waals surface area (Å²) < 4.78 is 0.859. The average molecular weight is 531 g/mol. The highest BCUT2D eigenvalue weighted by Crippen LogP contribution is 2.28. The zero-order valence-electron chi connectivity index (χ0n) is 15.1. The summed E-state index contributed by atoms with van der Waals surface area (Å²) in [6.07, 6.45) is 0.845. The highest BCUT2D eigenvalue weighted by Gasteiger charge is 2.32. The molecule has 1 aromatic rings. The van der Waals surface area contributed by atoms with E-state index in [1.165, 1.54) is 4.88 Å². The number of piperazine rings is 1. The number of hydrogen-bond donors (Lipinski definition) is 2. The molecule has 0 radical (unpaired) electrons. The van der Waals surface area contributed by atoms with Crippen molar-refractivity contribution in [2.75, 3.05) is 50.8 Å². The van der Waals surface area contributed by atoms with E-state index in [4.69, 9.17) is 16.6 Å². The lowest BCUT2D eigenvalue weighted by molar-refractivity contribution is 0.0773. The Labute approximate surface area is 186 Å². The third kappa shape index (κ3) is 6.41. The van der Waals surface area contributed by atoms with E-state index in [1.807, 2.05) is 17.8 Å². The van der Waals surface area contributed by atoms with Gasteiger partial charge in [0.2, 0.25) is 0 Å². The molecule has 2 aliphatic heterocycles. The Morgan fingerprint density at radius 3 is 2.69 bits per heavy atom. The minimum Gasteiger partial charge on any atom is -0.387 e. The number of aliphatic imine (C=N–C) groups is 1. The van der Waals surface area contributed by atoms with Gasteiger partial charge in [-0.1, -0.05) is 11.6 Å². The molecule has 9 heteroatoms. The molecule has 0 aliphatic carbocycles. The summed E-state index contributed by atoms with van der Waals surface area (Å²) in [7, 11) is 0. The lowest BCUT2D eigenvalue weighted by Gasteiger charge is -2.36. The van der Waals surface area contributed by atoms with E-state index in [-0.39, 0.29) is 24.0 Å². The topological polar surface area (TPSA) is 51.1 Å². The number of halogens is 2. The Bertz CT molecular complexity index is 587. The second kappa shape index (κ2) is 10.7. The number of aliphatic hydroxyl groups is 1. The average Bonchev–Trinajstić information content (AvgIpc) is 3.21. The van der Waals surface area contributed by atoms with Gasteiger partial charge < -0.3 is 15.3 Å². The van der Waals surface area contributed by atoms with E-state index in [0.717, 1.165) is 67.5 Å². The van der Waals surface area contributed by atoms with E-state index >= 15 is 0 Å². The summed E-state index contributed by atoms with van der Waals surface area (Å²) in [4.78, 5) is 10.8. The van der Waals surface area contributed by atoms with Gasteiger partial charge in [-0.05, 0) is 31.2 Å². The maximum absolute atomic E-state index is 10.5. The molecule has 26 heavy (non-hydrogen) atoms.